The average molecular weight is 294 g/mol. The average Bonchev–Trinajstić information content (AvgIpc) is 2.94. The fourth-order valence-corrected chi connectivity index (χ4v) is 2.52. The third kappa shape index (κ3) is 3.32. The molecule has 1 saturated heterocycles. The van der Waals surface area contributed by atoms with Gasteiger partial charge in [-0.2, -0.15) is 0 Å². The van der Waals surface area contributed by atoms with Crippen LogP contribution in [0.1, 0.15) is 10.5 Å². The topological polar surface area (TPSA) is 68.4 Å². The number of aromatic nitrogens is 1. The Morgan fingerprint density at radius 3 is 2.48 bits per heavy atom. The van der Waals surface area contributed by atoms with E-state index in [1.807, 2.05) is 35.2 Å². The molecule has 104 valence electrons. The summed E-state index contributed by atoms with van der Waals surface area (Å²) in [5.74, 6) is -1.19. The molecule has 6 heteroatoms. The van der Waals surface area contributed by atoms with Gasteiger partial charge in [-0.25, -0.2) is 0 Å². The second-order valence-electron chi connectivity index (χ2n) is 4.68. The van der Waals surface area contributed by atoms with E-state index >= 15 is 0 Å². The number of carboxylic acids is 1. The number of benzene rings is 1. The SMILES string of the molecule is O=C([O-])c1[nH]cc(-c2ccccc2)c1N1CCOCC1.[Na+]. The molecule has 5 nitrogen and oxygen atoms in total. The van der Waals surface area contributed by atoms with E-state index in [9.17, 15) is 9.90 Å². The number of aromatic amines is 1. The number of ether oxygens (including phenoxy) is 1. The van der Waals surface area contributed by atoms with Gasteiger partial charge in [-0.05, 0) is 5.56 Å². The van der Waals surface area contributed by atoms with Gasteiger partial charge in [0.05, 0.1) is 30.6 Å². The number of morpholine rings is 1. The number of anilines is 1. The van der Waals surface area contributed by atoms with Crippen LogP contribution in [0.15, 0.2) is 36.5 Å². The number of H-pyrrole nitrogens is 1. The van der Waals surface area contributed by atoms with E-state index < -0.39 is 5.97 Å². The molecule has 1 aromatic heterocycles. The smallest absolute Gasteiger partial charge is 0.543 e. The molecule has 0 amide bonds. The summed E-state index contributed by atoms with van der Waals surface area (Å²) in [5.41, 5.74) is 2.69. The molecule has 0 spiro atoms. The molecule has 0 unspecified atom stereocenters. The summed E-state index contributed by atoms with van der Waals surface area (Å²) in [7, 11) is 0. The van der Waals surface area contributed by atoms with Gasteiger partial charge in [0.2, 0.25) is 0 Å². The minimum atomic E-state index is -1.19. The second kappa shape index (κ2) is 7.13. The fourth-order valence-electron chi connectivity index (χ4n) is 2.52. The van der Waals surface area contributed by atoms with Crippen LogP contribution in [0.2, 0.25) is 0 Å². The Bertz CT molecular complexity index is 607. The minimum absolute atomic E-state index is 0. The van der Waals surface area contributed by atoms with Crippen LogP contribution < -0.4 is 39.6 Å². The van der Waals surface area contributed by atoms with Crippen molar-refractivity contribution >= 4 is 11.7 Å². The predicted molar refractivity (Wildman–Crippen MR) is 73.6 cm³/mol. The molecule has 1 aliphatic rings. The molecular weight excluding hydrogens is 279 g/mol. The Labute approximate surface area is 145 Å². The molecule has 0 atom stereocenters. The van der Waals surface area contributed by atoms with Crippen LogP contribution in [0, 0.1) is 0 Å². The number of nitrogens with zero attached hydrogens (tertiary/aromatic N) is 1. The summed E-state index contributed by atoms with van der Waals surface area (Å²) in [6, 6.07) is 9.73. The molecule has 21 heavy (non-hydrogen) atoms. The van der Waals surface area contributed by atoms with Crippen LogP contribution in [0.5, 0.6) is 0 Å². The van der Waals surface area contributed by atoms with Gasteiger partial charge >= 0.3 is 29.6 Å². The summed E-state index contributed by atoms with van der Waals surface area (Å²) in [6.45, 7) is 2.56. The summed E-state index contributed by atoms with van der Waals surface area (Å²) >= 11 is 0. The van der Waals surface area contributed by atoms with Crippen LogP contribution >= 0.6 is 0 Å². The second-order valence-corrected chi connectivity index (χ2v) is 4.68. The third-order valence-electron chi connectivity index (χ3n) is 3.47. The molecule has 3 rings (SSSR count). The first kappa shape index (κ1) is 16.1. The molecule has 0 radical (unpaired) electrons. The van der Waals surface area contributed by atoms with Crippen LogP contribution in [0.4, 0.5) is 5.69 Å². The van der Waals surface area contributed by atoms with Crippen LogP contribution in [-0.4, -0.2) is 37.3 Å². The van der Waals surface area contributed by atoms with Gasteiger partial charge in [0.15, 0.2) is 0 Å². The quantitative estimate of drug-likeness (QED) is 0.658. The molecule has 2 heterocycles. The predicted octanol–water partition coefficient (Wildman–Crippen LogP) is -2.11. The van der Waals surface area contributed by atoms with E-state index in [1.165, 1.54) is 0 Å². The standard InChI is InChI=1S/C15H16N2O3.Na/c18-15(19)13-14(17-6-8-20-9-7-17)12(10-16-13)11-4-2-1-3-5-11;/h1-5,10,16H,6-9H2,(H,18,19);/q;+1/p-1. The molecule has 1 fully saturated rings. The summed E-state index contributed by atoms with van der Waals surface area (Å²) < 4.78 is 5.33. The van der Waals surface area contributed by atoms with Gasteiger partial charge in [0, 0.05) is 24.8 Å². The zero-order valence-electron chi connectivity index (χ0n) is 12.0. The maximum absolute atomic E-state index is 11.3. The van der Waals surface area contributed by atoms with Crippen LogP contribution in [-0.2, 0) is 4.74 Å². The van der Waals surface area contributed by atoms with E-state index in [2.05, 4.69) is 4.98 Å². The number of aromatic carboxylic acids is 1. The minimum Gasteiger partial charge on any atom is -0.543 e. The number of hydrogen-bond acceptors (Lipinski definition) is 4. The van der Waals surface area contributed by atoms with E-state index in [1.54, 1.807) is 6.20 Å². The summed E-state index contributed by atoms with van der Waals surface area (Å²) in [5, 5.41) is 11.3. The van der Waals surface area contributed by atoms with E-state index in [0.717, 1.165) is 11.1 Å². The monoisotopic (exact) mass is 294 g/mol. The molecule has 0 aliphatic carbocycles. The summed E-state index contributed by atoms with van der Waals surface area (Å²) in [4.78, 5) is 16.2. The first-order valence-corrected chi connectivity index (χ1v) is 6.58. The Kier molecular flexibility index (Phi) is 5.47. The zero-order chi connectivity index (χ0) is 13.9. The van der Waals surface area contributed by atoms with Crippen LogP contribution in [0.3, 0.4) is 0 Å². The van der Waals surface area contributed by atoms with Crippen molar-refractivity contribution in [1.82, 2.24) is 4.98 Å². The van der Waals surface area contributed by atoms with Crippen molar-refractivity contribution < 1.29 is 44.2 Å². The van der Waals surface area contributed by atoms with Crippen molar-refractivity contribution in [3.05, 3.63) is 42.2 Å². The molecule has 1 aliphatic heterocycles. The molecule has 0 saturated carbocycles. The number of carboxylic acid groups (broad SMARTS) is 1. The largest absolute Gasteiger partial charge is 1.00 e. The Hall–Kier alpha value is -1.27. The van der Waals surface area contributed by atoms with Crippen molar-refractivity contribution in [1.29, 1.82) is 0 Å². The maximum Gasteiger partial charge on any atom is 1.00 e. The molecular formula is C15H15N2NaO3. The Morgan fingerprint density at radius 1 is 1.19 bits per heavy atom. The normalized spacial score (nSPS) is 14.6. The third-order valence-corrected chi connectivity index (χ3v) is 3.47. The van der Waals surface area contributed by atoms with E-state index in [-0.39, 0.29) is 35.3 Å². The molecule has 2 aromatic rings. The first-order valence-electron chi connectivity index (χ1n) is 6.58. The van der Waals surface area contributed by atoms with Crippen molar-refractivity contribution in [2.75, 3.05) is 31.2 Å². The van der Waals surface area contributed by atoms with Gasteiger partial charge in [-0.1, -0.05) is 30.3 Å². The molecule has 1 aromatic carbocycles. The van der Waals surface area contributed by atoms with Gasteiger partial charge < -0.3 is 24.5 Å². The Morgan fingerprint density at radius 2 is 1.86 bits per heavy atom. The number of nitrogens with one attached hydrogen (secondary N) is 1. The van der Waals surface area contributed by atoms with Crippen LogP contribution in [0.25, 0.3) is 11.1 Å². The van der Waals surface area contributed by atoms with Crippen molar-refractivity contribution in [2.45, 2.75) is 0 Å². The molecule has 1 N–H and O–H groups in total. The fraction of sp³-hybridized carbons (Fsp3) is 0.267. The van der Waals surface area contributed by atoms with Gasteiger partial charge in [-0.3, -0.25) is 0 Å². The van der Waals surface area contributed by atoms with E-state index in [0.29, 0.717) is 32.0 Å². The summed E-state index contributed by atoms with van der Waals surface area (Å²) in [6.07, 6.45) is 1.73. The van der Waals surface area contributed by atoms with Crippen molar-refractivity contribution in [3.8, 4) is 11.1 Å². The van der Waals surface area contributed by atoms with Gasteiger partial charge in [0.1, 0.15) is 0 Å². The van der Waals surface area contributed by atoms with Crippen molar-refractivity contribution in [3.63, 3.8) is 0 Å². The number of rotatable bonds is 3. The zero-order valence-corrected chi connectivity index (χ0v) is 14.0. The molecule has 0 bridgehead atoms. The van der Waals surface area contributed by atoms with Gasteiger partial charge in [0.25, 0.3) is 0 Å². The van der Waals surface area contributed by atoms with E-state index in [4.69, 9.17) is 4.74 Å². The first-order chi connectivity index (χ1) is 9.77. The van der Waals surface area contributed by atoms with Crippen molar-refractivity contribution in [2.24, 2.45) is 0 Å². The Balaban J connectivity index is 0.00000161. The number of hydrogen-bond donors (Lipinski definition) is 1. The maximum atomic E-state index is 11.3. The van der Waals surface area contributed by atoms with Gasteiger partial charge in [-0.15, -0.1) is 0 Å². The number of carbonyl (C=O) groups is 1. The number of carbonyl (C=O) groups excluding carboxylic acids is 1.